The van der Waals surface area contributed by atoms with Crippen LogP contribution in [0.15, 0.2) is 64.7 Å². The molecule has 41 heavy (non-hydrogen) atoms. The van der Waals surface area contributed by atoms with Crippen molar-refractivity contribution >= 4 is 22.0 Å². The second-order valence-corrected chi connectivity index (χ2v) is 11.7. The molecule has 1 saturated heterocycles. The smallest absolute Gasteiger partial charge is 0.338 e. The third kappa shape index (κ3) is 6.19. The van der Waals surface area contributed by atoms with Gasteiger partial charge in [-0.15, -0.1) is 0 Å². The molecule has 0 saturated carbocycles. The van der Waals surface area contributed by atoms with E-state index in [1.165, 1.54) is 18.5 Å². The van der Waals surface area contributed by atoms with Crippen LogP contribution in [-0.4, -0.2) is 94.1 Å². The normalized spacial score (nSPS) is 20.5. The van der Waals surface area contributed by atoms with Gasteiger partial charge < -0.3 is 19.5 Å². The number of nitrogens with one attached hydrogen (secondary N) is 1. The summed E-state index contributed by atoms with van der Waals surface area (Å²) in [5, 5.41) is 2.96. The minimum Gasteiger partial charge on any atom is -0.493 e. The number of ether oxygens (including phenoxy) is 3. The predicted octanol–water partition coefficient (Wildman–Crippen LogP) is 3.00. The number of methoxy groups -OCH3 is 2. The minimum absolute atomic E-state index is 0.168. The summed E-state index contributed by atoms with van der Waals surface area (Å²) in [7, 11) is -0.602. The Morgan fingerprint density at radius 3 is 2.34 bits per heavy atom. The van der Waals surface area contributed by atoms with Crippen LogP contribution in [-0.2, 0) is 19.6 Å². The molecule has 2 aromatic rings. The van der Waals surface area contributed by atoms with E-state index in [-0.39, 0.29) is 36.7 Å². The van der Waals surface area contributed by atoms with E-state index in [2.05, 4.69) is 10.2 Å². The van der Waals surface area contributed by atoms with Crippen LogP contribution in [0, 0.1) is 0 Å². The lowest BCUT2D eigenvalue weighted by Gasteiger charge is -2.42. The van der Waals surface area contributed by atoms with Gasteiger partial charge >= 0.3 is 12.0 Å². The summed E-state index contributed by atoms with van der Waals surface area (Å²) < 4.78 is 44.4. The molecule has 0 radical (unpaired) electrons. The zero-order valence-corrected chi connectivity index (χ0v) is 24.9. The van der Waals surface area contributed by atoms with Crippen molar-refractivity contribution in [2.45, 2.75) is 37.8 Å². The summed E-state index contributed by atoms with van der Waals surface area (Å²) in [6, 6.07) is 12.2. The molecule has 2 heterocycles. The molecule has 2 aromatic carbocycles. The maximum absolute atomic E-state index is 13.5. The highest BCUT2D eigenvalue weighted by Crippen LogP contribution is 2.36. The third-order valence-electron chi connectivity index (χ3n) is 7.36. The topological polar surface area (TPSA) is 118 Å². The molecule has 0 aromatic heterocycles. The van der Waals surface area contributed by atoms with E-state index in [1.807, 2.05) is 13.8 Å². The van der Waals surface area contributed by atoms with Crippen molar-refractivity contribution in [1.29, 1.82) is 0 Å². The fourth-order valence-electron chi connectivity index (χ4n) is 5.40. The molecule has 2 amide bonds. The van der Waals surface area contributed by atoms with Gasteiger partial charge in [-0.2, -0.15) is 4.31 Å². The highest BCUT2D eigenvalue weighted by molar-refractivity contribution is 7.89. The van der Waals surface area contributed by atoms with Gasteiger partial charge in [0.25, 0.3) is 0 Å². The predicted molar refractivity (Wildman–Crippen MR) is 153 cm³/mol. The number of likely N-dealkylation sites (N-methyl/N-ethyl adjacent to an activating group) is 1. The van der Waals surface area contributed by atoms with Crippen LogP contribution >= 0.6 is 0 Å². The summed E-state index contributed by atoms with van der Waals surface area (Å²) >= 11 is 0. The molecule has 0 aliphatic carbocycles. The Hall–Kier alpha value is -3.61. The fourth-order valence-corrected chi connectivity index (χ4v) is 7.03. The van der Waals surface area contributed by atoms with Crippen LogP contribution < -0.4 is 14.8 Å². The van der Waals surface area contributed by atoms with Gasteiger partial charge in [-0.3, -0.25) is 9.80 Å². The van der Waals surface area contributed by atoms with Crippen molar-refractivity contribution in [1.82, 2.24) is 19.4 Å². The van der Waals surface area contributed by atoms with Gasteiger partial charge in [-0.1, -0.05) is 24.3 Å². The molecule has 0 spiro atoms. The number of piperazine rings is 1. The molecule has 1 N–H and O–H groups in total. The highest BCUT2D eigenvalue weighted by Gasteiger charge is 2.40. The van der Waals surface area contributed by atoms with Gasteiger partial charge in [0.05, 0.1) is 37.3 Å². The third-order valence-corrected chi connectivity index (χ3v) is 9.39. The van der Waals surface area contributed by atoms with Crippen LogP contribution in [0.5, 0.6) is 11.5 Å². The van der Waals surface area contributed by atoms with Gasteiger partial charge in [-0.05, 0) is 50.6 Å². The lowest BCUT2D eigenvalue weighted by Crippen LogP contribution is -2.56. The number of nitrogens with zero attached hydrogens (tertiary/aromatic N) is 3. The van der Waals surface area contributed by atoms with E-state index in [0.717, 1.165) is 0 Å². The molecule has 2 unspecified atom stereocenters. The summed E-state index contributed by atoms with van der Waals surface area (Å²) in [4.78, 5) is 30.7. The SMILES string of the molecule is CCOC(=O)C1=C(CN2CCN(S(=O)(=O)c3ccccc3)C(C)C2)N(CC)C(=O)NC1c1ccc(OC)c(OC)c1. The standard InChI is InChI=1S/C29H38N4O7S/c1-6-32-23(19-31-15-16-33(20(3)18-31)41(36,37)22-11-9-8-10-12-22)26(28(34)40-7-2)27(30-29(32)35)21-13-14-24(38-4)25(17-21)39-5/h8-14,17,20,27H,6-7,15-16,18-19H2,1-5H3,(H,30,35). The molecule has 2 aliphatic heterocycles. The van der Waals surface area contributed by atoms with Crippen LogP contribution in [0.1, 0.15) is 32.4 Å². The van der Waals surface area contributed by atoms with Crippen LogP contribution in [0.4, 0.5) is 4.79 Å². The van der Waals surface area contributed by atoms with Crippen molar-refractivity contribution in [3.05, 3.63) is 65.4 Å². The zero-order valence-electron chi connectivity index (χ0n) is 24.1. The second kappa shape index (κ2) is 12.9. The maximum Gasteiger partial charge on any atom is 0.338 e. The first-order chi connectivity index (χ1) is 19.7. The molecule has 2 aliphatic rings. The molecule has 222 valence electrons. The lowest BCUT2D eigenvalue weighted by molar-refractivity contribution is -0.139. The van der Waals surface area contributed by atoms with Crippen LogP contribution in [0.3, 0.4) is 0 Å². The van der Waals surface area contributed by atoms with Crippen LogP contribution in [0.2, 0.25) is 0 Å². The van der Waals surface area contributed by atoms with E-state index in [9.17, 15) is 18.0 Å². The summed E-state index contributed by atoms with van der Waals surface area (Å²) in [5.74, 6) is 0.457. The Kier molecular flexibility index (Phi) is 9.57. The van der Waals surface area contributed by atoms with Crippen molar-refractivity contribution in [3.63, 3.8) is 0 Å². The Morgan fingerprint density at radius 2 is 1.73 bits per heavy atom. The summed E-state index contributed by atoms with van der Waals surface area (Å²) in [6.45, 7) is 7.33. The molecule has 1 fully saturated rings. The van der Waals surface area contributed by atoms with Crippen molar-refractivity contribution < 1.29 is 32.2 Å². The van der Waals surface area contributed by atoms with E-state index >= 15 is 0 Å². The van der Waals surface area contributed by atoms with Gasteiger partial charge in [0.2, 0.25) is 10.0 Å². The molecule has 2 atom stereocenters. The molecule has 4 rings (SSSR count). The number of amides is 2. The molecular formula is C29H38N4O7S. The van der Waals surface area contributed by atoms with Gasteiger partial charge in [0, 0.05) is 44.5 Å². The second-order valence-electron chi connectivity index (χ2n) is 9.83. The van der Waals surface area contributed by atoms with E-state index in [0.29, 0.717) is 48.0 Å². The average Bonchev–Trinajstić information content (AvgIpc) is 2.97. The Morgan fingerprint density at radius 1 is 1.02 bits per heavy atom. The van der Waals surface area contributed by atoms with Crippen LogP contribution in [0.25, 0.3) is 0 Å². The highest BCUT2D eigenvalue weighted by atomic mass is 32.2. The summed E-state index contributed by atoms with van der Waals surface area (Å²) in [5.41, 5.74) is 1.49. The maximum atomic E-state index is 13.5. The zero-order chi connectivity index (χ0) is 29.7. The van der Waals surface area contributed by atoms with E-state index in [4.69, 9.17) is 14.2 Å². The van der Waals surface area contributed by atoms with Crippen molar-refractivity contribution in [2.75, 3.05) is 53.6 Å². The number of urea groups is 1. The minimum atomic E-state index is -3.66. The lowest BCUT2D eigenvalue weighted by atomic mass is 9.93. The largest absolute Gasteiger partial charge is 0.493 e. The Balaban J connectivity index is 1.69. The van der Waals surface area contributed by atoms with Gasteiger partial charge in [0.1, 0.15) is 0 Å². The van der Waals surface area contributed by atoms with Crippen molar-refractivity contribution in [2.24, 2.45) is 0 Å². The average molecular weight is 587 g/mol. The number of hydrogen-bond donors (Lipinski definition) is 1. The number of hydrogen-bond acceptors (Lipinski definition) is 8. The Labute approximate surface area is 241 Å². The number of sulfonamides is 1. The number of rotatable bonds is 10. The first kappa shape index (κ1) is 30.4. The van der Waals surface area contributed by atoms with E-state index < -0.39 is 22.0 Å². The molecular weight excluding hydrogens is 548 g/mol. The fraction of sp³-hybridized carbons (Fsp3) is 0.448. The first-order valence-corrected chi connectivity index (χ1v) is 15.1. The molecule has 0 bridgehead atoms. The van der Waals surface area contributed by atoms with Crippen molar-refractivity contribution in [3.8, 4) is 11.5 Å². The summed E-state index contributed by atoms with van der Waals surface area (Å²) in [6.07, 6.45) is 0. The monoisotopic (exact) mass is 586 g/mol. The quantitative estimate of drug-likeness (QED) is 0.423. The molecule has 12 heteroatoms. The van der Waals surface area contributed by atoms with Gasteiger partial charge in [0.15, 0.2) is 11.5 Å². The van der Waals surface area contributed by atoms with E-state index in [1.54, 1.807) is 60.4 Å². The Bertz CT molecular complexity index is 1400. The number of benzene rings is 2. The van der Waals surface area contributed by atoms with Gasteiger partial charge in [-0.25, -0.2) is 18.0 Å². The number of carbonyl (C=O) groups is 2. The first-order valence-electron chi connectivity index (χ1n) is 13.7. The molecule has 11 nitrogen and oxygen atoms in total. The number of esters is 1. The number of carbonyl (C=O) groups excluding carboxylic acids is 2.